The number of amides is 2. The Morgan fingerprint density at radius 3 is 2.36 bits per heavy atom. The van der Waals surface area contributed by atoms with Crippen molar-refractivity contribution in [1.82, 2.24) is 0 Å². The molecular weight excluding hydrogens is 471 g/mol. The number of anilines is 2. The van der Waals surface area contributed by atoms with Crippen LogP contribution in [0.1, 0.15) is 44.6 Å². The third-order valence-corrected chi connectivity index (χ3v) is 6.95. The molecule has 0 aliphatic carbocycles. The first-order chi connectivity index (χ1) is 17.3. The number of carbonyl (C=O) groups excluding carboxylic acids is 2. The van der Waals surface area contributed by atoms with E-state index in [0.717, 1.165) is 29.9 Å². The minimum absolute atomic E-state index is 0.132. The molecule has 4 rings (SSSR count). The molecule has 194 valence electrons. The van der Waals surface area contributed by atoms with Gasteiger partial charge in [0.25, 0.3) is 5.91 Å². The Kier molecular flexibility index (Phi) is 8.18. The number of rotatable bonds is 9. The van der Waals surface area contributed by atoms with Crippen molar-refractivity contribution in [3.63, 3.8) is 0 Å². The third kappa shape index (κ3) is 6.00. The predicted octanol–water partition coefficient (Wildman–Crippen LogP) is 3.70. The third-order valence-electron chi connectivity index (χ3n) is 6.95. The van der Waals surface area contributed by atoms with Crippen molar-refractivity contribution in [3.05, 3.63) is 54.1 Å². The number of piperazine rings is 1. The van der Waals surface area contributed by atoms with Crippen molar-refractivity contribution in [2.45, 2.75) is 51.2 Å². The number of halogens is 3. The molecule has 6 nitrogen and oxygen atoms in total. The van der Waals surface area contributed by atoms with Gasteiger partial charge in [-0.1, -0.05) is 32.3 Å². The van der Waals surface area contributed by atoms with Crippen molar-refractivity contribution in [3.8, 4) is 5.75 Å². The van der Waals surface area contributed by atoms with Gasteiger partial charge in [0.1, 0.15) is 5.75 Å². The summed E-state index contributed by atoms with van der Waals surface area (Å²) in [6.07, 6.45) is 0.217. The number of hydrogen-bond donors (Lipinski definition) is 1. The molecule has 0 saturated carbocycles. The number of ether oxygens (including phenoxy) is 1. The number of carbonyl (C=O) groups is 2. The number of hydrogen-bond acceptors (Lipinski definition) is 4. The zero-order valence-corrected chi connectivity index (χ0v) is 20.5. The largest absolute Gasteiger partial charge is 0.494 e. The SMILES string of the molecule is CCCCCCOc1ccc(N2C(=O)C[C@@H]([NH+]3CCN(c4cccc(C(F)(F)F)c4)CC3)C2=O)cc1. The van der Waals surface area contributed by atoms with Crippen LogP contribution in [-0.4, -0.2) is 50.6 Å². The summed E-state index contributed by atoms with van der Waals surface area (Å²) in [6.45, 7) is 4.96. The first kappa shape index (κ1) is 26.0. The molecule has 2 aliphatic rings. The minimum Gasteiger partial charge on any atom is -0.494 e. The van der Waals surface area contributed by atoms with Gasteiger partial charge in [-0.3, -0.25) is 9.59 Å². The van der Waals surface area contributed by atoms with Crippen LogP contribution < -0.4 is 19.4 Å². The fraction of sp³-hybridized carbons (Fsp3) is 0.481. The monoisotopic (exact) mass is 504 g/mol. The highest BCUT2D eigenvalue weighted by atomic mass is 19.4. The lowest BCUT2D eigenvalue weighted by Crippen LogP contribution is -3.19. The standard InChI is InChI=1S/C27H32F3N3O3/c1-2-3-4-5-17-36-23-11-9-21(10-12-23)33-25(34)19-24(26(33)35)32-15-13-31(14-16-32)22-8-6-7-20(18-22)27(28,29)30/h6-12,18,24H,2-5,13-17,19H2,1H3/p+1/t24-/m1/s1. The average Bonchev–Trinajstić information content (AvgIpc) is 3.17. The quantitative estimate of drug-likeness (QED) is 0.418. The van der Waals surface area contributed by atoms with E-state index in [9.17, 15) is 22.8 Å². The first-order valence-electron chi connectivity index (χ1n) is 12.6. The van der Waals surface area contributed by atoms with Crippen molar-refractivity contribution >= 4 is 23.2 Å². The molecule has 2 aliphatic heterocycles. The van der Waals surface area contributed by atoms with E-state index >= 15 is 0 Å². The van der Waals surface area contributed by atoms with Crippen LogP contribution in [0.4, 0.5) is 24.5 Å². The zero-order valence-electron chi connectivity index (χ0n) is 20.5. The van der Waals surface area contributed by atoms with E-state index in [0.29, 0.717) is 49.9 Å². The van der Waals surface area contributed by atoms with Gasteiger partial charge in [-0.2, -0.15) is 13.2 Å². The van der Waals surface area contributed by atoms with Crippen LogP contribution in [0.5, 0.6) is 5.75 Å². The van der Waals surface area contributed by atoms with Crippen molar-refractivity contribution in [1.29, 1.82) is 0 Å². The number of nitrogens with zero attached hydrogens (tertiary/aromatic N) is 2. The minimum atomic E-state index is -4.39. The summed E-state index contributed by atoms with van der Waals surface area (Å²) in [5, 5.41) is 0. The molecule has 2 amide bonds. The lowest BCUT2D eigenvalue weighted by molar-refractivity contribution is -0.915. The molecular formula is C27H33F3N3O3+. The van der Waals surface area contributed by atoms with Gasteiger partial charge in [0.15, 0.2) is 6.04 Å². The van der Waals surface area contributed by atoms with Crippen LogP contribution in [0.2, 0.25) is 0 Å². The van der Waals surface area contributed by atoms with Gasteiger partial charge in [0.2, 0.25) is 5.91 Å². The Labute approximate surface area is 209 Å². The maximum Gasteiger partial charge on any atom is 0.416 e. The molecule has 36 heavy (non-hydrogen) atoms. The Hall–Kier alpha value is -3.07. The van der Waals surface area contributed by atoms with Gasteiger partial charge in [-0.25, -0.2) is 4.90 Å². The molecule has 0 unspecified atom stereocenters. The van der Waals surface area contributed by atoms with Crippen LogP contribution in [0.25, 0.3) is 0 Å². The summed E-state index contributed by atoms with van der Waals surface area (Å²) in [6, 6.07) is 11.9. The van der Waals surface area contributed by atoms with Crippen molar-refractivity contribution in [2.75, 3.05) is 42.6 Å². The molecule has 0 spiro atoms. The van der Waals surface area contributed by atoms with Crippen LogP contribution in [0, 0.1) is 0 Å². The predicted molar refractivity (Wildman–Crippen MR) is 131 cm³/mol. The van der Waals surface area contributed by atoms with E-state index < -0.39 is 17.8 Å². The van der Waals surface area contributed by atoms with Gasteiger partial charge in [0, 0.05) is 5.69 Å². The lowest BCUT2D eigenvalue weighted by atomic mass is 10.1. The molecule has 2 aromatic rings. The number of nitrogens with one attached hydrogen (secondary N) is 1. The number of imide groups is 1. The number of alkyl halides is 3. The molecule has 0 aromatic heterocycles. The molecule has 2 heterocycles. The lowest BCUT2D eigenvalue weighted by Gasteiger charge is -2.35. The second-order valence-corrected chi connectivity index (χ2v) is 9.42. The fourth-order valence-electron chi connectivity index (χ4n) is 4.91. The Balaban J connectivity index is 1.33. The maximum absolute atomic E-state index is 13.2. The van der Waals surface area contributed by atoms with Gasteiger partial charge in [-0.15, -0.1) is 0 Å². The van der Waals surface area contributed by atoms with Crippen molar-refractivity contribution in [2.24, 2.45) is 0 Å². The number of quaternary nitrogens is 1. The zero-order chi connectivity index (χ0) is 25.7. The van der Waals surface area contributed by atoms with E-state index in [2.05, 4.69) is 6.92 Å². The molecule has 9 heteroatoms. The smallest absolute Gasteiger partial charge is 0.416 e. The highest BCUT2D eigenvalue weighted by Crippen LogP contribution is 2.31. The molecule has 2 aromatic carbocycles. The molecule has 1 N–H and O–H groups in total. The van der Waals surface area contributed by atoms with Gasteiger partial charge >= 0.3 is 6.18 Å². The maximum atomic E-state index is 13.2. The molecule has 2 fully saturated rings. The first-order valence-corrected chi connectivity index (χ1v) is 12.6. The molecule has 0 radical (unpaired) electrons. The Bertz CT molecular complexity index is 1050. The van der Waals surface area contributed by atoms with Gasteiger partial charge < -0.3 is 14.5 Å². The molecule has 0 bridgehead atoms. The van der Waals surface area contributed by atoms with E-state index in [4.69, 9.17) is 4.74 Å². The summed E-state index contributed by atoms with van der Waals surface area (Å²) >= 11 is 0. The summed E-state index contributed by atoms with van der Waals surface area (Å²) < 4.78 is 45.0. The normalized spacial score (nSPS) is 19.3. The summed E-state index contributed by atoms with van der Waals surface area (Å²) in [5.74, 6) is 0.254. The highest BCUT2D eigenvalue weighted by Gasteiger charge is 2.46. The summed E-state index contributed by atoms with van der Waals surface area (Å²) in [4.78, 5) is 30.1. The van der Waals surface area contributed by atoms with Crippen LogP contribution in [0.3, 0.4) is 0 Å². The van der Waals surface area contributed by atoms with E-state index in [1.165, 1.54) is 23.8 Å². The number of benzene rings is 2. The fourth-order valence-corrected chi connectivity index (χ4v) is 4.91. The second kappa shape index (κ2) is 11.3. The highest BCUT2D eigenvalue weighted by molar-refractivity contribution is 6.21. The Morgan fingerprint density at radius 2 is 1.69 bits per heavy atom. The second-order valence-electron chi connectivity index (χ2n) is 9.42. The van der Waals surface area contributed by atoms with Crippen LogP contribution >= 0.6 is 0 Å². The van der Waals surface area contributed by atoms with E-state index in [-0.39, 0.29) is 18.2 Å². The summed E-state index contributed by atoms with van der Waals surface area (Å²) in [5.41, 5.74) is 0.384. The van der Waals surface area contributed by atoms with Gasteiger partial charge in [0.05, 0.1) is 50.5 Å². The summed E-state index contributed by atoms with van der Waals surface area (Å²) in [7, 11) is 0. The molecule has 2 saturated heterocycles. The number of unbranched alkanes of at least 4 members (excludes halogenated alkanes) is 3. The van der Waals surface area contributed by atoms with E-state index in [1.54, 1.807) is 30.3 Å². The Morgan fingerprint density at radius 1 is 0.972 bits per heavy atom. The average molecular weight is 505 g/mol. The van der Waals surface area contributed by atoms with E-state index in [1.807, 2.05) is 4.90 Å². The van der Waals surface area contributed by atoms with Crippen LogP contribution in [-0.2, 0) is 15.8 Å². The topological polar surface area (TPSA) is 54.3 Å². The van der Waals surface area contributed by atoms with Crippen LogP contribution in [0.15, 0.2) is 48.5 Å². The molecule has 1 atom stereocenters. The van der Waals surface area contributed by atoms with Gasteiger partial charge in [-0.05, 0) is 48.9 Å². The van der Waals surface area contributed by atoms with Crippen molar-refractivity contribution < 1.29 is 32.4 Å².